The minimum absolute atomic E-state index is 0.187. The van der Waals surface area contributed by atoms with Crippen LogP contribution in [-0.2, 0) is 0 Å². The van der Waals surface area contributed by atoms with Crippen molar-refractivity contribution >= 4 is 33.2 Å². The maximum absolute atomic E-state index is 12.4. The van der Waals surface area contributed by atoms with Crippen LogP contribution in [-0.4, -0.2) is 17.9 Å². The molecular weight excluding hydrogens is 318 g/mol. The Morgan fingerprint density at radius 3 is 2.70 bits per heavy atom. The summed E-state index contributed by atoms with van der Waals surface area (Å²) >= 11 is 3.48. The number of hydrogen-bond acceptors (Lipinski definition) is 3. The lowest BCUT2D eigenvalue weighted by atomic mass is 10.1. The summed E-state index contributed by atoms with van der Waals surface area (Å²) in [4.78, 5) is 16.5. The van der Waals surface area contributed by atoms with Crippen molar-refractivity contribution in [2.75, 3.05) is 17.7 Å². The molecule has 1 heterocycles. The third-order valence-electron chi connectivity index (χ3n) is 2.99. The number of hydrogen-bond donors (Lipinski definition) is 2. The van der Waals surface area contributed by atoms with Crippen LogP contribution in [0.4, 0.5) is 11.4 Å². The zero-order chi connectivity index (χ0) is 14.7. The first-order valence-corrected chi connectivity index (χ1v) is 7.03. The first-order chi connectivity index (χ1) is 9.52. The molecule has 1 aromatic heterocycles. The highest BCUT2D eigenvalue weighted by atomic mass is 79.9. The van der Waals surface area contributed by atoms with Gasteiger partial charge in [0.05, 0.1) is 16.9 Å². The first kappa shape index (κ1) is 14.5. The van der Waals surface area contributed by atoms with E-state index < -0.39 is 0 Å². The van der Waals surface area contributed by atoms with Gasteiger partial charge in [-0.05, 0) is 47.5 Å². The molecule has 0 fully saturated rings. The summed E-state index contributed by atoms with van der Waals surface area (Å²) in [6, 6.07) is 7.59. The predicted octanol–water partition coefficient (Wildman–Crippen LogP) is 3.75. The van der Waals surface area contributed by atoms with E-state index in [2.05, 4.69) is 31.5 Å². The number of benzene rings is 1. The molecule has 0 unspecified atom stereocenters. The summed E-state index contributed by atoms with van der Waals surface area (Å²) < 4.78 is 0.888. The van der Waals surface area contributed by atoms with Crippen LogP contribution < -0.4 is 10.6 Å². The number of nitrogens with zero attached hydrogens (tertiary/aromatic N) is 1. The van der Waals surface area contributed by atoms with Crippen molar-refractivity contribution in [1.82, 2.24) is 4.98 Å². The predicted molar refractivity (Wildman–Crippen MR) is 85.4 cm³/mol. The van der Waals surface area contributed by atoms with E-state index in [9.17, 15) is 4.79 Å². The number of amides is 1. The van der Waals surface area contributed by atoms with Gasteiger partial charge in [-0.2, -0.15) is 0 Å². The van der Waals surface area contributed by atoms with Gasteiger partial charge < -0.3 is 10.6 Å². The Balaban J connectivity index is 2.31. The first-order valence-electron chi connectivity index (χ1n) is 6.23. The Kier molecular flexibility index (Phi) is 4.39. The molecule has 5 heteroatoms. The largest absolute Gasteiger partial charge is 0.387 e. The fourth-order valence-corrected chi connectivity index (χ4v) is 2.24. The van der Waals surface area contributed by atoms with Crippen LogP contribution in [0, 0.1) is 13.8 Å². The maximum atomic E-state index is 12.4. The van der Waals surface area contributed by atoms with Gasteiger partial charge in [-0.1, -0.05) is 12.1 Å². The van der Waals surface area contributed by atoms with Crippen LogP contribution in [0.25, 0.3) is 0 Å². The van der Waals surface area contributed by atoms with E-state index in [4.69, 9.17) is 0 Å². The Morgan fingerprint density at radius 1 is 1.25 bits per heavy atom. The normalized spacial score (nSPS) is 10.2. The molecule has 104 valence electrons. The maximum Gasteiger partial charge on any atom is 0.259 e. The minimum Gasteiger partial charge on any atom is -0.387 e. The summed E-state index contributed by atoms with van der Waals surface area (Å²) in [5.41, 5.74) is 3.96. The van der Waals surface area contributed by atoms with Crippen LogP contribution in [0.2, 0.25) is 0 Å². The molecule has 0 aliphatic rings. The summed E-state index contributed by atoms with van der Waals surface area (Å²) in [5, 5.41) is 5.91. The minimum atomic E-state index is -0.187. The highest BCUT2D eigenvalue weighted by molar-refractivity contribution is 9.10. The van der Waals surface area contributed by atoms with Crippen LogP contribution >= 0.6 is 15.9 Å². The highest BCUT2D eigenvalue weighted by Gasteiger charge is 2.13. The van der Waals surface area contributed by atoms with Crippen molar-refractivity contribution < 1.29 is 4.79 Å². The molecule has 2 aromatic rings. The fraction of sp³-hybridized carbons (Fsp3) is 0.200. The average molecular weight is 334 g/mol. The molecule has 1 aromatic carbocycles. The molecule has 2 N–H and O–H groups in total. The van der Waals surface area contributed by atoms with E-state index in [1.54, 1.807) is 13.2 Å². The lowest BCUT2D eigenvalue weighted by Crippen LogP contribution is -2.15. The summed E-state index contributed by atoms with van der Waals surface area (Å²) in [6.07, 6.45) is 1.58. The van der Waals surface area contributed by atoms with Gasteiger partial charge in [0.15, 0.2) is 0 Å². The lowest BCUT2D eigenvalue weighted by Gasteiger charge is -2.12. The fourth-order valence-electron chi connectivity index (χ4n) is 1.88. The van der Waals surface area contributed by atoms with E-state index in [-0.39, 0.29) is 5.91 Å². The molecule has 4 nitrogen and oxygen atoms in total. The summed E-state index contributed by atoms with van der Waals surface area (Å²) in [7, 11) is 1.79. The van der Waals surface area contributed by atoms with Gasteiger partial charge in [0, 0.05) is 23.4 Å². The standard InChI is InChI=1S/C15H16BrN3O/c1-9-5-4-6-12(14(9)16)19-15(20)11-8-18-10(2)7-13(11)17-3/h4-8H,1-3H3,(H,17,18)(H,19,20). The van der Waals surface area contributed by atoms with Gasteiger partial charge in [0.1, 0.15) is 0 Å². The molecule has 0 aliphatic carbocycles. The smallest absolute Gasteiger partial charge is 0.259 e. The van der Waals surface area contributed by atoms with Crippen LogP contribution in [0.15, 0.2) is 34.9 Å². The second-order valence-electron chi connectivity index (χ2n) is 4.51. The Morgan fingerprint density at radius 2 is 2.00 bits per heavy atom. The molecule has 0 atom stereocenters. The van der Waals surface area contributed by atoms with E-state index >= 15 is 0 Å². The number of carbonyl (C=O) groups is 1. The monoisotopic (exact) mass is 333 g/mol. The number of aryl methyl sites for hydroxylation is 2. The highest BCUT2D eigenvalue weighted by Crippen LogP contribution is 2.27. The van der Waals surface area contributed by atoms with Crippen molar-refractivity contribution in [3.8, 4) is 0 Å². The molecule has 20 heavy (non-hydrogen) atoms. The zero-order valence-corrected chi connectivity index (χ0v) is 13.2. The summed E-state index contributed by atoms with van der Waals surface area (Å²) in [6.45, 7) is 3.87. The van der Waals surface area contributed by atoms with Crippen molar-refractivity contribution in [2.45, 2.75) is 13.8 Å². The van der Waals surface area contributed by atoms with Gasteiger partial charge in [-0.3, -0.25) is 9.78 Å². The van der Waals surface area contributed by atoms with Crippen molar-refractivity contribution in [3.63, 3.8) is 0 Å². The van der Waals surface area contributed by atoms with Crippen LogP contribution in [0.3, 0.4) is 0 Å². The van der Waals surface area contributed by atoms with Gasteiger partial charge in [-0.25, -0.2) is 0 Å². The van der Waals surface area contributed by atoms with E-state index in [1.165, 1.54) is 0 Å². The molecule has 1 amide bonds. The Labute approximate surface area is 126 Å². The van der Waals surface area contributed by atoms with E-state index in [1.807, 2.05) is 38.1 Å². The molecular formula is C15H16BrN3O. The second-order valence-corrected chi connectivity index (χ2v) is 5.30. The number of rotatable bonds is 3. The van der Waals surface area contributed by atoms with Gasteiger partial charge in [-0.15, -0.1) is 0 Å². The molecule has 0 saturated heterocycles. The van der Waals surface area contributed by atoms with Crippen molar-refractivity contribution in [3.05, 3.63) is 51.8 Å². The molecule has 0 saturated carbocycles. The van der Waals surface area contributed by atoms with Crippen LogP contribution in [0.1, 0.15) is 21.6 Å². The zero-order valence-electron chi connectivity index (χ0n) is 11.6. The number of nitrogens with one attached hydrogen (secondary N) is 2. The SMILES string of the molecule is CNc1cc(C)ncc1C(=O)Nc1cccc(C)c1Br. The molecule has 2 rings (SSSR count). The Bertz CT molecular complexity index is 656. The van der Waals surface area contributed by atoms with Gasteiger partial charge in [0.25, 0.3) is 5.91 Å². The molecule has 0 aliphatic heterocycles. The van der Waals surface area contributed by atoms with Gasteiger partial charge in [0.2, 0.25) is 0 Å². The summed E-state index contributed by atoms with van der Waals surface area (Å²) in [5.74, 6) is -0.187. The van der Waals surface area contributed by atoms with E-state index in [0.717, 1.165) is 27.1 Å². The third kappa shape index (κ3) is 2.99. The number of halogens is 1. The number of anilines is 2. The number of carbonyl (C=O) groups excluding carboxylic acids is 1. The van der Waals surface area contributed by atoms with Crippen LogP contribution in [0.5, 0.6) is 0 Å². The second kappa shape index (κ2) is 6.05. The third-order valence-corrected chi connectivity index (χ3v) is 4.05. The number of aromatic nitrogens is 1. The average Bonchev–Trinajstić information content (AvgIpc) is 2.43. The Hall–Kier alpha value is -1.88. The van der Waals surface area contributed by atoms with Gasteiger partial charge >= 0.3 is 0 Å². The number of pyridine rings is 1. The molecule has 0 spiro atoms. The molecule has 0 radical (unpaired) electrons. The lowest BCUT2D eigenvalue weighted by molar-refractivity contribution is 0.102. The quantitative estimate of drug-likeness (QED) is 0.899. The van der Waals surface area contributed by atoms with Crippen molar-refractivity contribution in [2.24, 2.45) is 0 Å². The topological polar surface area (TPSA) is 54.0 Å². The van der Waals surface area contributed by atoms with E-state index in [0.29, 0.717) is 5.56 Å². The van der Waals surface area contributed by atoms with Crippen molar-refractivity contribution in [1.29, 1.82) is 0 Å². The molecule has 0 bridgehead atoms.